The lowest BCUT2D eigenvalue weighted by molar-refractivity contribution is -0.118. The first-order chi connectivity index (χ1) is 12.1. The SMILES string of the molecule is CCOc1ccc(Cl)cc1/C=N/NC(=O)CSc1ccc(OC)cc1. The van der Waals surface area contributed by atoms with Crippen molar-refractivity contribution in [1.82, 2.24) is 5.43 Å². The van der Waals surface area contributed by atoms with Gasteiger partial charge in [0.1, 0.15) is 11.5 Å². The van der Waals surface area contributed by atoms with E-state index in [9.17, 15) is 4.79 Å². The first-order valence-electron chi connectivity index (χ1n) is 7.63. The summed E-state index contributed by atoms with van der Waals surface area (Å²) in [6.45, 7) is 2.43. The molecule has 132 valence electrons. The van der Waals surface area contributed by atoms with Crippen LogP contribution in [0, 0.1) is 0 Å². The third kappa shape index (κ3) is 6.32. The first kappa shape index (κ1) is 19.1. The Morgan fingerprint density at radius 2 is 2.04 bits per heavy atom. The number of hydrazone groups is 1. The number of nitrogens with one attached hydrogen (secondary N) is 1. The molecule has 0 aliphatic carbocycles. The fourth-order valence-electron chi connectivity index (χ4n) is 1.93. The highest BCUT2D eigenvalue weighted by Crippen LogP contribution is 2.22. The zero-order chi connectivity index (χ0) is 18.1. The van der Waals surface area contributed by atoms with Crippen molar-refractivity contribution in [2.75, 3.05) is 19.5 Å². The Kier molecular flexibility index (Phi) is 7.63. The second-order valence-corrected chi connectivity index (χ2v) is 6.36. The van der Waals surface area contributed by atoms with Crippen molar-refractivity contribution in [3.05, 3.63) is 53.1 Å². The highest BCUT2D eigenvalue weighted by molar-refractivity contribution is 8.00. The third-order valence-corrected chi connectivity index (χ3v) is 4.34. The van der Waals surface area contributed by atoms with Crippen LogP contribution in [0.5, 0.6) is 11.5 Å². The average molecular weight is 379 g/mol. The molecule has 0 bridgehead atoms. The number of halogens is 1. The summed E-state index contributed by atoms with van der Waals surface area (Å²) in [5.41, 5.74) is 3.21. The van der Waals surface area contributed by atoms with Crippen LogP contribution in [-0.4, -0.2) is 31.6 Å². The van der Waals surface area contributed by atoms with Crippen molar-refractivity contribution in [1.29, 1.82) is 0 Å². The Balaban J connectivity index is 1.86. The van der Waals surface area contributed by atoms with Gasteiger partial charge in [-0.25, -0.2) is 5.43 Å². The molecule has 5 nitrogen and oxygen atoms in total. The molecule has 0 saturated carbocycles. The molecular weight excluding hydrogens is 360 g/mol. The van der Waals surface area contributed by atoms with Crippen molar-refractivity contribution in [3.63, 3.8) is 0 Å². The molecule has 2 rings (SSSR count). The van der Waals surface area contributed by atoms with Gasteiger partial charge in [-0.3, -0.25) is 4.79 Å². The quantitative estimate of drug-likeness (QED) is 0.428. The number of rotatable bonds is 8. The number of carbonyl (C=O) groups excluding carboxylic acids is 1. The summed E-state index contributed by atoms with van der Waals surface area (Å²) in [6, 6.07) is 12.8. The maximum absolute atomic E-state index is 11.9. The molecule has 25 heavy (non-hydrogen) atoms. The average Bonchev–Trinajstić information content (AvgIpc) is 2.62. The number of methoxy groups -OCH3 is 1. The van der Waals surface area contributed by atoms with Crippen LogP contribution in [0.15, 0.2) is 52.5 Å². The van der Waals surface area contributed by atoms with Gasteiger partial charge in [-0.05, 0) is 49.4 Å². The summed E-state index contributed by atoms with van der Waals surface area (Å²) in [4.78, 5) is 12.9. The third-order valence-electron chi connectivity index (χ3n) is 3.09. The number of hydrogen-bond donors (Lipinski definition) is 1. The molecule has 0 aliphatic rings. The van der Waals surface area contributed by atoms with Crippen LogP contribution in [0.3, 0.4) is 0 Å². The number of ether oxygens (including phenoxy) is 2. The van der Waals surface area contributed by atoms with Crippen molar-refractivity contribution >= 4 is 35.5 Å². The lowest BCUT2D eigenvalue weighted by atomic mass is 10.2. The predicted molar refractivity (Wildman–Crippen MR) is 102 cm³/mol. The van der Waals surface area contributed by atoms with Gasteiger partial charge in [-0.2, -0.15) is 5.10 Å². The number of amides is 1. The van der Waals surface area contributed by atoms with Crippen molar-refractivity contribution in [2.45, 2.75) is 11.8 Å². The minimum Gasteiger partial charge on any atom is -0.497 e. The minimum atomic E-state index is -0.197. The number of nitrogens with zero attached hydrogens (tertiary/aromatic N) is 1. The standard InChI is InChI=1S/C18H19ClN2O3S/c1-3-24-17-9-4-14(19)10-13(17)11-20-21-18(22)12-25-16-7-5-15(23-2)6-8-16/h4-11H,3,12H2,1-2H3,(H,21,22)/b20-11+. The number of thioether (sulfide) groups is 1. The van der Waals surface area contributed by atoms with Crippen LogP contribution in [-0.2, 0) is 4.79 Å². The van der Waals surface area contributed by atoms with E-state index in [2.05, 4.69) is 10.5 Å². The predicted octanol–water partition coefficient (Wildman–Crippen LogP) is 3.99. The molecule has 0 radical (unpaired) electrons. The summed E-state index contributed by atoms with van der Waals surface area (Å²) in [5.74, 6) is 1.51. The molecule has 0 spiro atoms. The molecule has 7 heteroatoms. The van der Waals surface area contributed by atoms with Gasteiger partial charge >= 0.3 is 0 Å². The Hall–Kier alpha value is -2.18. The van der Waals surface area contributed by atoms with Gasteiger partial charge in [-0.15, -0.1) is 11.8 Å². The van der Waals surface area contributed by atoms with Gasteiger partial charge in [0.2, 0.25) is 5.91 Å². The van der Waals surface area contributed by atoms with Crippen LogP contribution < -0.4 is 14.9 Å². The van der Waals surface area contributed by atoms with E-state index in [0.29, 0.717) is 22.9 Å². The lowest BCUT2D eigenvalue weighted by Gasteiger charge is -2.07. The van der Waals surface area contributed by atoms with Crippen LogP contribution >= 0.6 is 23.4 Å². The van der Waals surface area contributed by atoms with Gasteiger partial charge < -0.3 is 9.47 Å². The summed E-state index contributed by atoms with van der Waals surface area (Å²) in [6.07, 6.45) is 1.52. The van der Waals surface area contributed by atoms with Crippen LogP contribution in [0.4, 0.5) is 0 Å². The number of benzene rings is 2. The Morgan fingerprint density at radius 1 is 1.28 bits per heavy atom. The summed E-state index contributed by atoms with van der Waals surface area (Å²) >= 11 is 7.40. The van der Waals surface area contributed by atoms with Gasteiger partial charge in [0.25, 0.3) is 0 Å². The zero-order valence-corrected chi connectivity index (χ0v) is 15.6. The van der Waals surface area contributed by atoms with Gasteiger partial charge in [0, 0.05) is 15.5 Å². The van der Waals surface area contributed by atoms with E-state index in [-0.39, 0.29) is 11.7 Å². The molecule has 0 fully saturated rings. The van der Waals surface area contributed by atoms with Crippen LogP contribution in [0.25, 0.3) is 0 Å². The van der Waals surface area contributed by atoms with Crippen molar-refractivity contribution in [2.24, 2.45) is 5.10 Å². The van der Waals surface area contributed by atoms with Crippen LogP contribution in [0.1, 0.15) is 12.5 Å². The lowest BCUT2D eigenvalue weighted by Crippen LogP contribution is -2.19. The molecule has 0 saturated heterocycles. The minimum absolute atomic E-state index is 0.197. The highest BCUT2D eigenvalue weighted by atomic mass is 35.5. The van der Waals surface area contributed by atoms with E-state index in [0.717, 1.165) is 10.6 Å². The number of hydrogen-bond acceptors (Lipinski definition) is 5. The van der Waals surface area contributed by atoms with E-state index in [1.54, 1.807) is 25.3 Å². The molecular formula is C18H19ClN2O3S. The molecule has 0 unspecified atom stereocenters. The maximum Gasteiger partial charge on any atom is 0.250 e. The Morgan fingerprint density at radius 3 is 2.72 bits per heavy atom. The molecule has 2 aromatic carbocycles. The molecule has 0 heterocycles. The van der Waals surface area contributed by atoms with E-state index in [4.69, 9.17) is 21.1 Å². The Bertz CT molecular complexity index is 736. The fraction of sp³-hybridized carbons (Fsp3) is 0.222. The van der Waals surface area contributed by atoms with E-state index in [1.165, 1.54) is 18.0 Å². The van der Waals surface area contributed by atoms with Crippen molar-refractivity contribution in [3.8, 4) is 11.5 Å². The molecule has 1 N–H and O–H groups in total. The summed E-state index contributed by atoms with van der Waals surface area (Å²) in [7, 11) is 1.62. The normalized spacial score (nSPS) is 10.7. The monoisotopic (exact) mass is 378 g/mol. The molecule has 0 aromatic heterocycles. The smallest absolute Gasteiger partial charge is 0.250 e. The zero-order valence-electron chi connectivity index (χ0n) is 14.0. The second kappa shape index (κ2) is 9.96. The van der Waals surface area contributed by atoms with E-state index < -0.39 is 0 Å². The molecule has 0 aliphatic heterocycles. The molecule has 2 aromatic rings. The van der Waals surface area contributed by atoms with Gasteiger partial charge in [-0.1, -0.05) is 11.6 Å². The maximum atomic E-state index is 11.9. The first-order valence-corrected chi connectivity index (χ1v) is 9.00. The highest BCUT2D eigenvalue weighted by Gasteiger charge is 2.04. The largest absolute Gasteiger partial charge is 0.497 e. The topological polar surface area (TPSA) is 59.9 Å². The van der Waals surface area contributed by atoms with Crippen LogP contribution in [0.2, 0.25) is 5.02 Å². The molecule has 0 atom stereocenters. The van der Waals surface area contributed by atoms with Gasteiger partial charge in [0.15, 0.2) is 0 Å². The second-order valence-electron chi connectivity index (χ2n) is 4.87. The van der Waals surface area contributed by atoms with Gasteiger partial charge in [0.05, 0.1) is 25.7 Å². The Labute approximate surface area is 156 Å². The fourth-order valence-corrected chi connectivity index (χ4v) is 2.81. The van der Waals surface area contributed by atoms with E-state index in [1.807, 2.05) is 31.2 Å². The summed E-state index contributed by atoms with van der Waals surface area (Å²) < 4.78 is 10.6. The van der Waals surface area contributed by atoms with E-state index >= 15 is 0 Å². The molecule has 1 amide bonds. The number of carbonyl (C=O) groups is 1. The summed E-state index contributed by atoms with van der Waals surface area (Å²) in [5, 5.41) is 4.54. The van der Waals surface area contributed by atoms with Crippen molar-refractivity contribution < 1.29 is 14.3 Å².